The molecule has 0 spiro atoms. The number of anilines is 1. The Morgan fingerprint density at radius 3 is 3.00 bits per heavy atom. The summed E-state index contributed by atoms with van der Waals surface area (Å²) in [5, 5.41) is 3.47. The molecule has 0 saturated carbocycles. The number of benzene rings is 1. The van der Waals surface area contributed by atoms with Crippen LogP contribution in [0.25, 0.3) is 5.69 Å². The summed E-state index contributed by atoms with van der Waals surface area (Å²) in [4.78, 5) is 4.08. The van der Waals surface area contributed by atoms with Gasteiger partial charge in [-0.2, -0.15) is 11.8 Å². The van der Waals surface area contributed by atoms with Crippen molar-refractivity contribution in [2.24, 2.45) is 0 Å². The fourth-order valence-electron chi connectivity index (χ4n) is 1.69. The van der Waals surface area contributed by atoms with Gasteiger partial charge < -0.3 is 9.88 Å². The van der Waals surface area contributed by atoms with E-state index in [0.717, 1.165) is 17.9 Å². The molecule has 0 atom stereocenters. The molecular formula is C13H17N3S. The Labute approximate surface area is 106 Å². The van der Waals surface area contributed by atoms with Crippen molar-refractivity contribution in [3.63, 3.8) is 0 Å². The quantitative estimate of drug-likeness (QED) is 0.796. The van der Waals surface area contributed by atoms with Gasteiger partial charge in [0.25, 0.3) is 0 Å². The number of nitrogens with one attached hydrogen (secondary N) is 1. The van der Waals surface area contributed by atoms with Crippen LogP contribution in [0.15, 0.2) is 43.0 Å². The molecule has 0 fully saturated rings. The van der Waals surface area contributed by atoms with Crippen LogP contribution in [0.5, 0.6) is 0 Å². The van der Waals surface area contributed by atoms with Gasteiger partial charge >= 0.3 is 0 Å². The van der Waals surface area contributed by atoms with Crippen LogP contribution in [0.3, 0.4) is 0 Å². The lowest BCUT2D eigenvalue weighted by Crippen LogP contribution is -2.05. The van der Waals surface area contributed by atoms with E-state index in [4.69, 9.17) is 0 Å². The fourth-order valence-corrected chi connectivity index (χ4v) is 2.12. The van der Waals surface area contributed by atoms with Crippen molar-refractivity contribution in [2.75, 3.05) is 23.9 Å². The molecule has 4 heteroatoms. The van der Waals surface area contributed by atoms with Crippen LogP contribution in [0.1, 0.15) is 6.42 Å². The van der Waals surface area contributed by atoms with Gasteiger partial charge in [-0.05, 0) is 30.6 Å². The summed E-state index contributed by atoms with van der Waals surface area (Å²) in [6.07, 6.45) is 8.90. The van der Waals surface area contributed by atoms with Crippen molar-refractivity contribution in [1.29, 1.82) is 0 Å². The second-order valence-electron chi connectivity index (χ2n) is 3.76. The van der Waals surface area contributed by atoms with Gasteiger partial charge in [0.2, 0.25) is 0 Å². The van der Waals surface area contributed by atoms with Crippen LogP contribution in [-0.2, 0) is 0 Å². The van der Waals surface area contributed by atoms with E-state index in [1.807, 2.05) is 34.9 Å². The number of rotatable bonds is 6. The van der Waals surface area contributed by atoms with Gasteiger partial charge in [-0.3, -0.25) is 0 Å². The maximum atomic E-state index is 4.08. The number of nitrogens with zero attached hydrogens (tertiary/aromatic N) is 2. The van der Waals surface area contributed by atoms with Gasteiger partial charge in [0, 0.05) is 18.9 Å². The van der Waals surface area contributed by atoms with E-state index in [1.54, 1.807) is 6.20 Å². The van der Waals surface area contributed by atoms with E-state index >= 15 is 0 Å². The van der Waals surface area contributed by atoms with Crippen LogP contribution < -0.4 is 5.32 Å². The second-order valence-corrected chi connectivity index (χ2v) is 4.75. The number of para-hydroxylation sites is 2. The summed E-state index contributed by atoms with van der Waals surface area (Å²) in [5.41, 5.74) is 2.31. The monoisotopic (exact) mass is 247 g/mol. The molecule has 2 aromatic rings. The van der Waals surface area contributed by atoms with Crippen LogP contribution >= 0.6 is 11.8 Å². The van der Waals surface area contributed by atoms with Crippen LogP contribution in [0.4, 0.5) is 5.69 Å². The van der Waals surface area contributed by atoms with Gasteiger partial charge in [-0.1, -0.05) is 12.1 Å². The lowest BCUT2D eigenvalue weighted by Gasteiger charge is -2.12. The SMILES string of the molecule is CSCCCNc1ccccc1-n1ccnc1. The van der Waals surface area contributed by atoms with Gasteiger partial charge in [-0.15, -0.1) is 0 Å². The van der Waals surface area contributed by atoms with Gasteiger partial charge in [-0.25, -0.2) is 4.98 Å². The molecule has 0 saturated heterocycles. The summed E-state index contributed by atoms with van der Waals surface area (Å²) in [7, 11) is 0. The highest BCUT2D eigenvalue weighted by Crippen LogP contribution is 2.19. The summed E-state index contributed by atoms with van der Waals surface area (Å²) in [6.45, 7) is 1.01. The lowest BCUT2D eigenvalue weighted by atomic mass is 10.2. The summed E-state index contributed by atoms with van der Waals surface area (Å²) >= 11 is 1.88. The largest absolute Gasteiger partial charge is 0.383 e. The summed E-state index contributed by atoms with van der Waals surface area (Å²) in [5.74, 6) is 1.19. The Morgan fingerprint density at radius 1 is 1.35 bits per heavy atom. The second kappa shape index (κ2) is 6.35. The predicted molar refractivity (Wildman–Crippen MR) is 75.1 cm³/mol. The Balaban J connectivity index is 2.06. The van der Waals surface area contributed by atoms with E-state index in [-0.39, 0.29) is 0 Å². The molecule has 1 N–H and O–H groups in total. The van der Waals surface area contributed by atoms with E-state index in [1.165, 1.54) is 12.2 Å². The van der Waals surface area contributed by atoms with Gasteiger partial charge in [0.1, 0.15) is 0 Å². The van der Waals surface area contributed by atoms with E-state index in [0.29, 0.717) is 0 Å². The van der Waals surface area contributed by atoms with Crippen molar-refractivity contribution < 1.29 is 0 Å². The standard InChI is InChI=1S/C13H17N3S/c1-17-10-4-7-15-12-5-2-3-6-13(12)16-9-8-14-11-16/h2-3,5-6,8-9,11,15H,4,7,10H2,1H3. The van der Waals surface area contributed by atoms with Crippen LogP contribution in [0.2, 0.25) is 0 Å². The van der Waals surface area contributed by atoms with E-state index in [9.17, 15) is 0 Å². The summed E-state index contributed by atoms with van der Waals surface area (Å²) < 4.78 is 2.02. The minimum Gasteiger partial charge on any atom is -0.383 e. The third-order valence-electron chi connectivity index (χ3n) is 2.53. The number of aromatic nitrogens is 2. The van der Waals surface area contributed by atoms with Gasteiger partial charge in [0.05, 0.1) is 17.7 Å². The molecule has 0 aliphatic carbocycles. The zero-order valence-corrected chi connectivity index (χ0v) is 10.8. The average molecular weight is 247 g/mol. The third kappa shape index (κ3) is 3.27. The summed E-state index contributed by atoms with van der Waals surface area (Å²) in [6, 6.07) is 8.30. The molecule has 1 aromatic carbocycles. The molecule has 0 aliphatic heterocycles. The lowest BCUT2D eigenvalue weighted by molar-refractivity contribution is 0.981. The molecule has 0 amide bonds. The minimum atomic E-state index is 1.01. The molecule has 1 heterocycles. The molecule has 2 rings (SSSR count). The highest BCUT2D eigenvalue weighted by Gasteiger charge is 2.02. The molecular weight excluding hydrogens is 230 g/mol. The topological polar surface area (TPSA) is 29.9 Å². The molecule has 0 radical (unpaired) electrons. The molecule has 17 heavy (non-hydrogen) atoms. The van der Waals surface area contributed by atoms with E-state index < -0.39 is 0 Å². The van der Waals surface area contributed by atoms with Crippen molar-refractivity contribution in [1.82, 2.24) is 9.55 Å². The molecule has 90 valence electrons. The van der Waals surface area contributed by atoms with E-state index in [2.05, 4.69) is 34.8 Å². The molecule has 1 aromatic heterocycles. The number of hydrogen-bond donors (Lipinski definition) is 1. The van der Waals surface area contributed by atoms with Crippen molar-refractivity contribution in [2.45, 2.75) is 6.42 Å². The van der Waals surface area contributed by atoms with Crippen LogP contribution in [0, 0.1) is 0 Å². The Morgan fingerprint density at radius 2 is 2.24 bits per heavy atom. The fraction of sp³-hybridized carbons (Fsp3) is 0.308. The van der Waals surface area contributed by atoms with Gasteiger partial charge in [0.15, 0.2) is 0 Å². The maximum Gasteiger partial charge on any atom is 0.0992 e. The first kappa shape index (κ1) is 12.0. The Kier molecular flexibility index (Phi) is 4.50. The molecule has 0 unspecified atom stereocenters. The van der Waals surface area contributed by atoms with Crippen molar-refractivity contribution in [3.8, 4) is 5.69 Å². The highest BCUT2D eigenvalue weighted by atomic mass is 32.2. The highest BCUT2D eigenvalue weighted by molar-refractivity contribution is 7.98. The zero-order chi connectivity index (χ0) is 11.9. The number of hydrogen-bond acceptors (Lipinski definition) is 3. The average Bonchev–Trinajstić information content (AvgIpc) is 2.89. The third-order valence-corrected chi connectivity index (χ3v) is 3.22. The Hall–Kier alpha value is -1.42. The van der Waals surface area contributed by atoms with Crippen molar-refractivity contribution >= 4 is 17.4 Å². The zero-order valence-electron chi connectivity index (χ0n) is 9.97. The first-order valence-corrected chi connectivity index (χ1v) is 7.11. The molecule has 0 bridgehead atoms. The number of imidazole rings is 1. The first-order valence-electron chi connectivity index (χ1n) is 5.72. The normalized spacial score (nSPS) is 10.4. The number of thioether (sulfide) groups is 1. The first-order chi connectivity index (χ1) is 8.42. The molecule has 0 aliphatic rings. The van der Waals surface area contributed by atoms with Crippen molar-refractivity contribution in [3.05, 3.63) is 43.0 Å². The smallest absolute Gasteiger partial charge is 0.0992 e. The Bertz CT molecular complexity index is 440. The van der Waals surface area contributed by atoms with Crippen LogP contribution in [-0.4, -0.2) is 28.1 Å². The molecule has 3 nitrogen and oxygen atoms in total. The predicted octanol–water partition coefficient (Wildman–Crippen LogP) is 3.04. The maximum absolute atomic E-state index is 4.08. The minimum absolute atomic E-state index is 1.01.